The predicted octanol–water partition coefficient (Wildman–Crippen LogP) is 1.24. The molecule has 0 unspecified atom stereocenters. The van der Waals surface area contributed by atoms with E-state index in [2.05, 4.69) is 39.5 Å². The van der Waals surface area contributed by atoms with Gasteiger partial charge in [-0.25, -0.2) is 10.0 Å². The summed E-state index contributed by atoms with van der Waals surface area (Å²) in [4.78, 5) is 11.6. The van der Waals surface area contributed by atoms with E-state index in [0.29, 0.717) is 0 Å². The second kappa shape index (κ2) is 9.91. The number of likely N-dealkylation sites (N-methyl/N-ethyl adjacent to an activating group) is 1. The molecule has 1 aromatic rings. The molecule has 0 amide bonds. The molecule has 0 bridgehead atoms. The summed E-state index contributed by atoms with van der Waals surface area (Å²) in [6.45, 7) is 6.66. The molecule has 2 heterocycles. The molecule has 7 heteroatoms. The summed E-state index contributed by atoms with van der Waals surface area (Å²) >= 11 is 0. The number of nitrogens with one attached hydrogen (secondary N) is 1. The number of hydrogen-bond acceptors (Lipinski definition) is 6. The van der Waals surface area contributed by atoms with E-state index in [0.717, 1.165) is 63.9 Å². The number of hydrogen-bond donors (Lipinski definition) is 1. The molecular weight excluding hydrogens is 352 g/mol. The fraction of sp³-hybridized carbons (Fsp3) is 0.571. The summed E-state index contributed by atoms with van der Waals surface area (Å²) in [5.74, 6) is 2.12. The minimum atomic E-state index is 0.811. The zero-order valence-electron chi connectivity index (χ0n) is 17.7. The van der Waals surface area contributed by atoms with Crippen LogP contribution >= 0.6 is 0 Å². The van der Waals surface area contributed by atoms with Crippen LogP contribution in [-0.2, 0) is 13.0 Å². The third-order valence-corrected chi connectivity index (χ3v) is 5.21. The first-order chi connectivity index (χ1) is 13.5. The predicted molar refractivity (Wildman–Crippen MR) is 114 cm³/mol. The average molecular weight is 387 g/mol. The normalized spacial score (nSPS) is 18.0. The van der Waals surface area contributed by atoms with Gasteiger partial charge in [0.05, 0.1) is 12.9 Å². The third kappa shape index (κ3) is 5.70. The minimum absolute atomic E-state index is 0.811. The van der Waals surface area contributed by atoms with Crippen LogP contribution in [0.25, 0.3) is 0 Å². The lowest BCUT2D eigenvalue weighted by Crippen LogP contribution is -2.45. The van der Waals surface area contributed by atoms with Crippen molar-refractivity contribution in [1.82, 2.24) is 25.1 Å². The minimum Gasteiger partial charge on any atom is -0.493 e. The maximum Gasteiger partial charge on any atom is 0.127 e. The number of benzene rings is 1. The first-order valence-corrected chi connectivity index (χ1v) is 10.1. The Morgan fingerprint density at radius 1 is 1.21 bits per heavy atom. The number of aliphatic imine (C=N–C) groups is 1. The molecule has 1 saturated heterocycles. The van der Waals surface area contributed by atoms with E-state index in [4.69, 9.17) is 9.73 Å². The summed E-state index contributed by atoms with van der Waals surface area (Å²) < 4.78 is 5.72. The number of nitrogens with zero attached hydrogens (tertiary/aromatic N) is 5. The molecule has 1 N–H and O–H groups in total. The van der Waals surface area contributed by atoms with E-state index in [1.807, 2.05) is 44.4 Å². The van der Waals surface area contributed by atoms with Crippen molar-refractivity contribution in [2.75, 3.05) is 67.5 Å². The smallest absolute Gasteiger partial charge is 0.127 e. The Balaban J connectivity index is 1.57. The van der Waals surface area contributed by atoms with E-state index in [1.165, 1.54) is 11.1 Å². The Hall–Kier alpha value is -2.09. The Bertz CT molecular complexity index is 694. The van der Waals surface area contributed by atoms with Gasteiger partial charge in [0.1, 0.15) is 11.6 Å². The van der Waals surface area contributed by atoms with Crippen LogP contribution in [-0.4, -0.2) is 93.6 Å². The maximum atomic E-state index is 5.72. The second-order valence-corrected chi connectivity index (χ2v) is 7.68. The Morgan fingerprint density at radius 2 is 2.00 bits per heavy atom. The molecule has 2 aliphatic rings. The van der Waals surface area contributed by atoms with Gasteiger partial charge < -0.3 is 14.5 Å². The Labute approximate surface area is 169 Å². The molecule has 2 aliphatic heterocycles. The van der Waals surface area contributed by atoms with Crippen LogP contribution in [0.5, 0.6) is 5.75 Å². The first-order valence-electron chi connectivity index (χ1n) is 10.1. The molecule has 0 spiro atoms. The largest absolute Gasteiger partial charge is 0.493 e. The van der Waals surface area contributed by atoms with Gasteiger partial charge >= 0.3 is 0 Å². The third-order valence-electron chi connectivity index (χ3n) is 5.21. The highest BCUT2D eigenvalue weighted by atomic mass is 16.5. The Kier molecular flexibility index (Phi) is 7.30. The summed E-state index contributed by atoms with van der Waals surface area (Å²) in [7, 11) is 7.96. The molecule has 1 fully saturated rings. The van der Waals surface area contributed by atoms with E-state index in [-0.39, 0.29) is 0 Å². The van der Waals surface area contributed by atoms with Gasteiger partial charge in [0, 0.05) is 66.8 Å². The highest BCUT2D eigenvalue weighted by molar-refractivity contribution is 5.55. The van der Waals surface area contributed by atoms with Crippen LogP contribution in [0.1, 0.15) is 11.1 Å². The van der Waals surface area contributed by atoms with Crippen LogP contribution in [0.15, 0.2) is 35.1 Å². The first kappa shape index (κ1) is 20.6. The lowest BCUT2D eigenvalue weighted by molar-refractivity contribution is 0.151. The number of fused-ring (bicyclic) bond motifs is 1. The van der Waals surface area contributed by atoms with E-state index >= 15 is 0 Å². The quantitative estimate of drug-likeness (QED) is 0.412. The van der Waals surface area contributed by atoms with E-state index in [9.17, 15) is 0 Å². The lowest BCUT2D eigenvalue weighted by Gasteiger charge is -2.36. The molecule has 1 aromatic carbocycles. The second-order valence-electron chi connectivity index (χ2n) is 7.68. The molecular formula is C21H34N6O. The van der Waals surface area contributed by atoms with Crippen LogP contribution in [0, 0.1) is 0 Å². The zero-order chi connectivity index (χ0) is 19.9. The van der Waals surface area contributed by atoms with Crippen molar-refractivity contribution < 1.29 is 4.74 Å². The monoisotopic (exact) mass is 386 g/mol. The van der Waals surface area contributed by atoms with E-state index < -0.39 is 0 Å². The van der Waals surface area contributed by atoms with Crippen molar-refractivity contribution in [3.63, 3.8) is 0 Å². The summed E-state index contributed by atoms with van der Waals surface area (Å²) in [5.41, 5.74) is 5.81. The zero-order valence-corrected chi connectivity index (χ0v) is 17.7. The number of piperazine rings is 1. The van der Waals surface area contributed by atoms with Gasteiger partial charge in [-0.15, -0.1) is 0 Å². The number of hydrazine groups is 1. The maximum absolute atomic E-state index is 5.72. The molecule has 0 aliphatic carbocycles. The fourth-order valence-corrected chi connectivity index (χ4v) is 3.45. The van der Waals surface area contributed by atoms with Crippen molar-refractivity contribution in [1.29, 1.82) is 0 Å². The average Bonchev–Trinajstić information content (AvgIpc) is 3.16. The molecule has 3 rings (SSSR count). The molecule has 154 valence electrons. The SMILES string of the molecule is CNN(C)C/C=C(\N=C/N(C)C)N1CCN(Cc2ccc3c(c2)OCC3)CC1. The van der Waals surface area contributed by atoms with Crippen molar-refractivity contribution in [2.45, 2.75) is 13.0 Å². The molecule has 28 heavy (non-hydrogen) atoms. The molecule has 0 aromatic heterocycles. The van der Waals surface area contributed by atoms with Gasteiger partial charge in [-0.3, -0.25) is 10.3 Å². The van der Waals surface area contributed by atoms with E-state index in [1.54, 1.807) is 0 Å². The van der Waals surface area contributed by atoms with Crippen molar-refractivity contribution >= 4 is 6.34 Å². The van der Waals surface area contributed by atoms with Gasteiger partial charge in [0.15, 0.2) is 0 Å². The lowest BCUT2D eigenvalue weighted by atomic mass is 10.1. The number of rotatable bonds is 8. The van der Waals surface area contributed by atoms with Gasteiger partial charge in [0.2, 0.25) is 0 Å². The van der Waals surface area contributed by atoms with Crippen LogP contribution in [0.4, 0.5) is 0 Å². The molecule has 0 atom stereocenters. The number of ether oxygens (including phenoxy) is 1. The van der Waals surface area contributed by atoms with Crippen molar-refractivity contribution in [3.05, 3.63) is 41.2 Å². The van der Waals surface area contributed by atoms with Gasteiger partial charge in [-0.1, -0.05) is 12.1 Å². The van der Waals surface area contributed by atoms with Gasteiger partial charge in [-0.05, 0) is 30.3 Å². The standard InChI is InChI=1S/C21H34N6O/c1-22-25(4)9-7-21(23-17-24(2)3)27-12-10-26(11-13-27)16-18-5-6-19-8-14-28-20(19)15-18/h5-7,15,17,22H,8-14,16H2,1-4H3/b21-7+,23-17-. The molecule has 7 nitrogen and oxygen atoms in total. The topological polar surface area (TPSA) is 46.6 Å². The van der Waals surface area contributed by atoms with Crippen LogP contribution in [0.3, 0.4) is 0 Å². The molecule has 0 radical (unpaired) electrons. The summed E-state index contributed by atoms with van der Waals surface area (Å²) in [6.07, 6.45) is 5.10. The highest BCUT2D eigenvalue weighted by Crippen LogP contribution is 2.27. The van der Waals surface area contributed by atoms with Crippen LogP contribution in [0.2, 0.25) is 0 Å². The summed E-state index contributed by atoms with van der Waals surface area (Å²) in [5, 5.41) is 2.04. The van der Waals surface area contributed by atoms with Crippen LogP contribution < -0.4 is 10.2 Å². The van der Waals surface area contributed by atoms with Crippen molar-refractivity contribution in [2.24, 2.45) is 4.99 Å². The summed E-state index contributed by atoms with van der Waals surface area (Å²) in [6, 6.07) is 6.69. The van der Waals surface area contributed by atoms with Gasteiger partial charge in [-0.2, -0.15) is 0 Å². The fourth-order valence-electron chi connectivity index (χ4n) is 3.45. The van der Waals surface area contributed by atoms with Crippen molar-refractivity contribution in [3.8, 4) is 5.75 Å². The Morgan fingerprint density at radius 3 is 2.71 bits per heavy atom. The van der Waals surface area contributed by atoms with Gasteiger partial charge in [0.25, 0.3) is 0 Å². The highest BCUT2D eigenvalue weighted by Gasteiger charge is 2.20. The molecule has 0 saturated carbocycles.